The van der Waals surface area contributed by atoms with Crippen LogP contribution in [0.5, 0.6) is 0 Å². The molecule has 0 spiro atoms. The van der Waals surface area contributed by atoms with E-state index in [-0.39, 0.29) is 0 Å². The smallest absolute Gasteiger partial charge is 0.267 e. The standard InChI is InChI=1S/C10H20O3S/c1-3-5-6-7-8-9-10(4-2)14(11,12)13/h3,5,10H,4,6-9H2,1-2H3,(H,11,12,13). The van der Waals surface area contributed by atoms with Gasteiger partial charge in [0.05, 0.1) is 5.25 Å². The molecule has 1 unspecified atom stereocenters. The van der Waals surface area contributed by atoms with E-state index in [9.17, 15) is 8.42 Å². The molecule has 0 bridgehead atoms. The fourth-order valence-electron chi connectivity index (χ4n) is 1.36. The van der Waals surface area contributed by atoms with Crippen molar-refractivity contribution in [2.45, 2.75) is 51.2 Å². The van der Waals surface area contributed by atoms with Gasteiger partial charge in [-0.25, -0.2) is 0 Å². The Labute approximate surface area is 87.0 Å². The molecule has 0 heterocycles. The van der Waals surface area contributed by atoms with E-state index in [1.807, 2.05) is 13.0 Å². The highest BCUT2D eigenvalue weighted by atomic mass is 32.2. The minimum atomic E-state index is -3.83. The Kier molecular flexibility index (Phi) is 6.83. The van der Waals surface area contributed by atoms with Crippen LogP contribution in [0.4, 0.5) is 0 Å². The minimum Gasteiger partial charge on any atom is -0.285 e. The van der Waals surface area contributed by atoms with Crippen molar-refractivity contribution in [3.8, 4) is 0 Å². The molecule has 14 heavy (non-hydrogen) atoms. The quantitative estimate of drug-likeness (QED) is 0.408. The molecule has 0 aromatic carbocycles. The highest BCUT2D eigenvalue weighted by molar-refractivity contribution is 7.86. The predicted octanol–water partition coefficient (Wildman–Crippen LogP) is 2.79. The molecule has 3 nitrogen and oxygen atoms in total. The molecule has 0 aliphatic rings. The Morgan fingerprint density at radius 3 is 2.43 bits per heavy atom. The Bertz CT molecular complexity index is 255. The van der Waals surface area contributed by atoms with E-state index in [4.69, 9.17) is 4.55 Å². The van der Waals surface area contributed by atoms with Crippen LogP contribution in [0.25, 0.3) is 0 Å². The molecular weight excluding hydrogens is 200 g/mol. The summed E-state index contributed by atoms with van der Waals surface area (Å²) in [6, 6.07) is 0. The number of unbranched alkanes of at least 4 members (excludes halogenated alkanes) is 2. The molecule has 84 valence electrons. The van der Waals surface area contributed by atoms with E-state index in [0.717, 1.165) is 19.3 Å². The normalized spacial score (nSPS) is 14.8. The fraction of sp³-hybridized carbons (Fsp3) is 0.800. The van der Waals surface area contributed by atoms with Crippen molar-refractivity contribution >= 4 is 10.1 Å². The minimum absolute atomic E-state index is 0.489. The number of hydrogen-bond donors (Lipinski definition) is 1. The Hall–Kier alpha value is -0.350. The maximum atomic E-state index is 10.8. The molecule has 0 saturated heterocycles. The van der Waals surface area contributed by atoms with E-state index < -0.39 is 15.4 Å². The van der Waals surface area contributed by atoms with Crippen LogP contribution in [0.3, 0.4) is 0 Å². The summed E-state index contributed by atoms with van der Waals surface area (Å²) < 4.78 is 30.5. The van der Waals surface area contributed by atoms with Crippen LogP contribution in [0.2, 0.25) is 0 Å². The first-order chi connectivity index (χ1) is 6.52. The van der Waals surface area contributed by atoms with Crippen molar-refractivity contribution in [2.75, 3.05) is 0 Å². The molecule has 1 N–H and O–H groups in total. The van der Waals surface area contributed by atoms with Crippen molar-refractivity contribution in [2.24, 2.45) is 0 Å². The van der Waals surface area contributed by atoms with Crippen LogP contribution in [0, 0.1) is 0 Å². The number of rotatable bonds is 7. The molecule has 1 atom stereocenters. The first-order valence-corrected chi connectivity index (χ1v) is 6.60. The predicted molar refractivity (Wildman–Crippen MR) is 58.9 cm³/mol. The lowest BCUT2D eigenvalue weighted by molar-refractivity contribution is 0.455. The van der Waals surface area contributed by atoms with E-state index in [0.29, 0.717) is 12.8 Å². The second-order valence-electron chi connectivity index (χ2n) is 3.40. The second kappa shape index (κ2) is 7.01. The van der Waals surface area contributed by atoms with Crippen LogP contribution < -0.4 is 0 Å². The zero-order valence-electron chi connectivity index (χ0n) is 8.94. The summed E-state index contributed by atoms with van der Waals surface area (Å²) in [5, 5.41) is -0.576. The van der Waals surface area contributed by atoms with Gasteiger partial charge in [-0.05, 0) is 32.6 Å². The van der Waals surface area contributed by atoms with Gasteiger partial charge in [0.25, 0.3) is 10.1 Å². The van der Waals surface area contributed by atoms with E-state index in [2.05, 4.69) is 6.08 Å². The van der Waals surface area contributed by atoms with Gasteiger partial charge < -0.3 is 0 Å². The summed E-state index contributed by atoms with van der Waals surface area (Å²) in [7, 11) is -3.83. The number of hydrogen-bond acceptors (Lipinski definition) is 2. The first-order valence-electron chi connectivity index (χ1n) is 5.09. The molecule has 0 rings (SSSR count). The molecule has 0 aromatic rings. The molecule has 0 radical (unpaired) electrons. The van der Waals surface area contributed by atoms with E-state index in [1.54, 1.807) is 6.92 Å². The highest BCUT2D eigenvalue weighted by Crippen LogP contribution is 2.13. The third kappa shape index (κ3) is 6.16. The summed E-state index contributed by atoms with van der Waals surface area (Å²) in [4.78, 5) is 0. The largest absolute Gasteiger partial charge is 0.285 e. The van der Waals surface area contributed by atoms with Gasteiger partial charge in [-0.1, -0.05) is 25.5 Å². The van der Waals surface area contributed by atoms with Crippen molar-refractivity contribution in [1.29, 1.82) is 0 Å². The molecule has 0 fully saturated rings. The van der Waals surface area contributed by atoms with Crippen LogP contribution >= 0.6 is 0 Å². The van der Waals surface area contributed by atoms with Gasteiger partial charge in [0.2, 0.25) is 0 Å². The Morgan fingerprint density at radius 2 is 2.00 bits per heavy atom. The summed E-state index contributed by atoms with van der Waals surface area (Å²) >= 11 is 0. The van der Waals surface area contributed by atoms with Gasteiger partial charge in [0.1, 0.15) is 0 Å². The Morgan fingerprint density at radius 1 is 1.36 bits per heavy atom. The molecule has 0 amide bonds. The van der Waals surface area contributed by atoms with Crippen LogP contribution in [0.1, 0.15) is 46.0 Å². The average molecular weight is 220 g/mol. The van der Waals surface area contributed by atoms with Gasteiger partial charge in [0, 0.05) is 0 Å². The molecule has 0 aromatic heterocycles. The molecular formula is C10H20O3S. The lowest BCUT2D eigenvalue weighted by Crippen LogP contribution is -2.19. The zero-order valence-corrected chi connectivity index (χ0v) is 9.76. The van der Waals surface area contributed by atoms with E-state index >= 15 is 0 Å². The van der Waals surface area contributed by atoms with Crippen molar-refractivity contribution in [3.63, 3.8) is 0 Å². The van der Waals surface area contributed by atoms with E-state index in [1.165, 1.54) is 0 Å². The average Bonchev–Trinajstić information content (AvgIpc) is 2.09. The van der Waals surface area contributed by atoms with Gasteiger partial charge >= 0.3 is 0 Å². The zero-order chi connectivity index (χ0) is 11.0. The van der Waals surface area contributed by atoms with Crippen molar-refractivity contribution < 1.29 is 13.0 Å². The third-order valence-electron chi connectivity index (χ3n) is 2.26. The van der Waals surface area contributed by atoms with Crippen LogP contribution in [-0.2, 0) is 10.1 Å². The SMILES string of the molecule is CC=CCCCCC(CC)S(=O)(=O)O. The summed E-state index contributed by atoms with van der Waals surface area (Å²) in [6.07, 6.45) is 7.92. The van der Waals surface area contributed by atoms with Gasteiger partial charge in [-0.2, -0.15) is 8.42 Å². The molecule has 0 saturated carbocycles. The molecule has 4 heteroatoms. The van der Waals surface area contributed by atoms with Gasteiger partial charge in [-0.3, -0.25) is 4.55 Å². The lowest BCUT2D eigenvalue weighted by atomic mass is 10.1. The van der Waals surface area contributed by atoms with Gasteiger partial charge in [0.15, 0.2) is 0 Å². The topological polar surface area (TPSA) is 54.4 Å². The maximum Gasteiger partial charge on any atom is 0.267 e. The summed E-state index contributed by atoms with van der Waals surface area (Å²) in [6.45, 7) is 3.75. The lowest BCUT2D eigenvalue weighted by Gasteiger charge is -2.10. The summed E-state index contributed by atoms with van der Waals surface area (Å²) in [5.74, 6) is 0. The highest BCUT2D eigenvalue weighted by Gasteiger charge is 2.19. The molecule has 0 aliphatic carbocycles. The summed E-state index contributed by atoms with van der Waals surface area (Å²) in [5.41, 5.74) is 0. The second-order valence-corrected chi connectivity index (χ2v) is 5.10. The monoisotopic (exact) mass is 220 g/mol. The number of allylic oxidation sites excluding steroid dienone is 2. The van der Waals surface area contributed by atoms with Crippen molar-refractivity contribution in [3.05, 3.63) is 12.2 Å². The maximum absolute atomic E-state index is 10.8. The molecule has 0 aliphatic heterocycles. The van der Waals surface area contributed by atoms with Crippen molar-refractivity contribution in [1.82, 2.24) is 0 Å². The fourth-order valence-corrected chi connectivity index (χ4v) is 2.25. The Balaban J connectivity index is 3.75. The van der Waals surface area contributed by atoms with Crippen LogP contribution in [0.15, 0.2) is 12.2 Å². The van der Waals surface area contributed by atoms with Crippen LogP contribution in [-0.4, -0.2) is 18.2 Å². The first kappa shape index (κ1) is 13.7. The third-order valence-corrected chi connectivity index (χ3v) is 3.67. The van der Waals surface area contributed by atoms with Gasteiger partial charge in [-0.15, -0.1) is 0 Å².